The number of benzene rings is 1. The predicted octanol–water partition coefficient (Wildman–Crippen LogP) is 6.87. The number of halogens is 2. The lowest BCUT2D eigenvalue weighted by molar-refractivity contribution is -0.142. The SMILES string of the molecule is C=C(C=O)CO.C=C(CO)C(=O)OCC(COC)C1CCC(C2CCC(c3ccc(CCCCC)c(F)c3F)CC2)CC1. The van der Waals surface area contributed by atoms with E-state index < -0.39 is 24.2 Å². The summed E-state index contributed by atoms with van der Waals surface area (Å²) >= 11 is 0. The number of aliphatic hydroxyl groups excluding tert-OH is 2. The topological polar surface area (TPSA) is 93.1 Å². The van der Waals surface area contributed by atoms with E-state index in [1.165, 1.54) is 0 Å². The maximum Gasteiger partial charge on any atom is 0.335 e. The summed E-state index contributed by atoms with van der Waals surface area (Å²) in [4.78, 5) is 21.4. The van der Waals surface area contributed by atoms with Crippen molar-refractivity contribution in [3.8, 4) is 0 Å². The van der Waals surface area contributed by atoms with E-state index in [0.29, 0.717) is 48.2 Å². The molecule has 3 rings (SSSR count). The quantitative estimate of drug-likeness (QED) is 0.0980. The van der Waals surface area contributed by atoms with Crippen LogP contribution in [0.15, 0.2) is 36.4 Å². The highest BCUT2D eigenvalue weighted by atomic mass is 19.2. The molecule has 0 saturated heterocycles. The minimum atomic E-state index is -0.633. The molecule has 2 saturated carbocycles. The number of hydrogen-bond donors (Lipinski definition) is 2. The number of carbonyl (C=O) groups is 2. The van der Waals surface area contributed by atoms with Crippen LogP contribution in [0.25, 0.3) is 0 Å². The van der Waals surface area contributed by atoms with Gasteiger partial charge >= 0.3 is 5.97 Å². The average molecular weight is 607 g/mol. The van der Waals surface area contributed by atoms with Crippen LogP contribution >= 0.6 is 0 Å². The molecule has 2 N–H and O–H groups in total. The molecule has 0 aliphatic heterocycles. The number of ether oxygens (including phenoxy) is 2. The molecule has 0 amide bonds. The van der Waals surface area contributed by atoms with Gasteiger partial charge in [0.25, 0.3) is 0 Å². The van der Waals surface area contributed by atoms with Crippen LogP contribution in [-0.2, 0) is 25.5 Å². The van der Waals surface area contributed by atoms with E-state index in [-0.39, 0.29) is 36.2 Å². The summed E-state index contributed by atoms with van der Waals surface area (Å²) in [7, 11) is 1.67. The van der Waals surface area contributed by atoms with Gasteiger partial charge in [-0.25, -0.2) is 13.6 Å². The van der Waals surface area contributed by atoms with Gasteiger partial charge in [0.15, 0.2) is 11.6 Å². The van der Waals surface area contributed by atoms with E-state index >= 15 is 0 Å². The van der Waals surface area contributed by atoms with Crippen LogP contribution in [0.4, 0.5) is 8.78 Å². The zero-order valence-corrected chi connectivity index (χ0v) is 26.1. The molecule has 0 heterocycles. The number of unbranched alkanes of at least 4 members (excludes halogenated alkanes) is 2. The number of carbonyl (C=O) groups excluding carboxylic acids is 2. The van der Waals surface area contributed by atoms with Crippen molar-refractivity contribution in [1.29, 1.82) is 0 Å². The lowest BCUT2D eigenvalue weighted by atomic mass is 9.67. The minimum Gasteiger partial charge on any atom is -0.462 e. The van der Waals surface area contributed by atoms with Crippen LogP contribution in [0.3, 0.4) is 0 Å². The van der Waals surface area contributed by atoms with Gasteiger partial charge in [-0.05, 0) is 99.0 Å². The van der Waals surface area contributed by atoms with Gasteiger partial charge in [-0.15, -0.1) is 0 Å². The third-order valence-electron chi connectivity index (χ3n) is 9.26. The van der Waals surface area contributed by atoms with Gasteiger partial charge in [0.05, 0.1) is 32.0 Å². The summed E-state index contributed by atoms with van der Waals surface area (Å²) in [5.74, 6) is 0.203. The molecule has 2 aliphatic carbocycles. The standard InChI is InChI=1S/C31H46F2O4.C4H6O2/c1-4-5-6-7-26-16-17-28(30(33)29(26)32)25-14-12-23(13-15-25)22-8-10-24(11-9-22)27(19-36-3)20-37-31(35)21(2)18-34;1-4(2-5)3-6/h16-17,22-25,27,34H,2,4-15,18-20H2,1,3H3;2,6H,1,3H2. The Bertz CT molecular complexity index is 1030. The Balaban J connectivity index is 0.000000973. The Hall–Kier alpha value is -2.42. The maximum atomic E-state index is 14.9. The van der Waals surface area contributed by atoms with E-state index in [4.69, 9.17) is 19.7 Å². The Labute approximate surface area is 256 Å². The Morgan fingerprint density at radius 2 is 1.58 bits per heavy atom. The van der Waals surface area contributed by atoms with E-state index in [1.807, 2.05) is 12.1 Å². The highest BCUT2D eigenvalue weighted by molar-refractivity contribution is 5.87. The van der Waals surface area contributed by atoms with Crippen molar-refractivity contribution in [2.45, 2.75) is 89.9 Å². The molecular weight excluding hydrogens is 554 g/mol. The van der Waals surface area contributed by atoms with Gasteiger partial charge in [0.2, 0.25) is 0 Å². The number of aliphatic hydroxyl groups is 2. The fraction of sp³-hybridized carbons (Fsp3) is 0.657. The first-order chi connectivity index (χ1) is 20.7. The van der Waals surface area contributed by atoms with E-state index in [1.54, 1.807) is 7.11 Å². The molecule has 0 spiro atoms. The molecule has 0 bridgehead atoms. The van der Waals surface area contributed by atoms with Crippen molar-refractivity contribution >= 4 is 12.3 Å². The highest BCUT2D eigenvalue weighted by Gasteiger charge is 2.35. The summed E-state index contributed by atoms with van der Waals surface area (Å²) in [5, 5.41) is 17.1. The van der Waals surface area contributed by atoms with Gasteiger partial charge in [-0.3, -0.25) is 4.79 Å². The molecule has 1 aromatic rings. The maximum absolute atomic E-state index is 14.9. The second-order valence-electron chi connectivity index (χ2n) is 12.2. The van der Waals surface area contributed by atoms with Crippen molar-refractivity contribution in [1.82, 2.24) is 0 Å². The molecule has 6 nitrogen and oxygen atoms in total. The minimum absolute atomic E-state index is 0.0704. The number of esters is 1. The van der Waals surface area contributed by atoms with E-state index in [2.05, 4.69) is 20.1 Å². The molecule has 2 fully saturated rings. The number of rotatable bonds is 15. The van der Waals surface area contributed by atoms with Gasteiger partial charge < -0.3 is 19.7 Å². The Morgan fingerprint density at radius 1 is 0.953 bits per heavy atom. The highest BCUT2D eigenvalue weighted by Crippen LogP contribution is 2.45. The predicted molar refractivity (Wildman–Crippen MR) is 165 cm³/mol. The van der Waals surface area contributed by atoms with Gasteiger partial charge in [0, 0.05) is 18.6 Å². The molecule has 2 aliphatic rings. The van der Waals surface area contributed by atoms with Gasteiger partial charge in [-0.2, -0.15) is 0 Å². The first-order valence-electron chi connectivity index (χ1n) is 15.9. The zero-order chi connectivity index (χ0) is 31.8. The molecule has 8 heteroatoms. The first kappa shape index (κ1) is 36.8. The molecule has 43 heavy (non-hydrogen) atoms. The largest absolute Gasteiger partial charge is 0.462 e. The second kappa shape index (κ2) is 19.8. The number of aryl methyl sites for hydroxylation is 1. The fourth-order valence-electron chi connectivity index (χ4n) is 6.59. The molecule has 1 aromatic carbocycles. The molecular formula is C35H52F2O6. The van der Waals surface area contributed by atoms with E-state index in [9.17, 15) is 18.4 Å². The molecule has 0 aromatic heterocycles. The fourth-order valence-corrected chi connectivity index (χ4v) is 6.59. The van der Waals surface area contributed by atoms with Crippen LogP contribution in [0.5, 0.6) is 0 Å². The third-order valence-corrected chi connectivity index (χ3v) is 9.26. The molecule has 0 radical (unpaired) electrons. The number of aldehydes is 1. The summed E-state index contributed by atoms with van der Waals surface area (Å²) in [6, 6.07) is 3.65. The van der Waals surface area contributed by atoms with Crippen molar-refractivity contribution in [2.75, 3.05) is 33.5 Å². The van der Waals surface area contributed by atoms with Crippen LogP contribution in [0.1, 0.15) is 94.6 Å². The lowest BCUT2D eigenvalue weighted by Crippen LogP contribution is -2.32. The lowest BCUT2D eigenvalue weighted by Gasteiger charge is -2.39. The van der Waals surface area contributed by atoms with Crippen LogP contribution in [-0.4, -0.2) is 56.0 Å². The van der Waals surface area contributed by atoms with E-state index in [0.717, 1.165) is 70.6 Å². The number of methoxy groups -OCH3 is 1. The Morgan fingerprint density at radius 3 is 2.09 bits per heavy atom. The van der Waals surface area contributed by atoms with Crippen molar-refractivity contribution in [2.24, 2.45) is 23.7 Å². The van der Waals surface area contributed by atoms with Crippen LogP contribution in [0, 0.1) is 35.3 Å². The van der Waals surface area contributed by atoms with Crippen molar-refractivity contribution in [3.05, 3.63) is 59.2 Å². The number of hydrogen-bond acceptors (Lipinski definition) is 6. The first-order valence-corrected chi connectivity index (χ1v) is 15.9. The van der Waals surface area contributed by atoms with Crippen LogP contribution in [0.2, 0.25) is 0 Å². The summed E-state index contributed by atoms with van der Waals surface area (Å²) in [6.07, 6.45) is 12.6. The smallest absolute Gasteiger partial charge is 0.335 e. The van der Waals surface area contributed by atoms with Crippen molar-refractivity contribution in [3.63, 3.8) is 0 Å². The van der Waals surface area contributed by atoms with Gasteiger partial charge in [0.1, 0.15) is 6.29 Å². The van der Waals surface area contributed by atoms with Gasteiger partial charge in [-0.1, -0.05) is 45.1 Å². The second-order valence-corrected chi connectivity index (χ2v) is 12.2. The molecule has 242 valence electrons. The normalized spacial score (nSPS) is 22.6. The average Bonchev–Trinajstić information content (AvgIpc) is 3.04. The Kier molecular flexibility index (Phi) is 16.9. The van der Waals surface area contributed by atoms with Crippen molar-refractivity contribution < 1.29 is 38.1 Å². The monoisotopic (exact) mass is 606 g/mol. The summed E-state index contributed by atoms with van der Waals surface area (Å²) in [6.45, 7) is 9.01. The molecule has 1 atom stereocenters. The third kappa shape index (κ3) is 11.5. The van der Waals surface area contributed by atoms with Crippen LogP contribution < -0.4 is 0 Å². The summed E-state index contributed by atoms with van der Waals surface area (Å²) in [5.41, 5.74) is 1.37. The zero-order valence-electron chi connectivity index (χ0n) is 26.1. The summed E-state index contributed by atoms with van der Waals surface area (Å²) < 4.78 is 40.4. The molecule has 1 unspecified atom stereocenters.